The third kappa shape index (κ3) is 4.42. The van der Waals surface area contributed by atoms with Gasteiger partial charge in [0.15, 0.2) is 0 Å². The van der Waals surface area contributed by atoms with Crippen LogP contribution < -0.4 is 15.4 Å². The van der Waals surface area contributed by atoms with Crippen LogP contribution in [0.5, 0.6) is 5.75 Å². The van der Waals surface area contributed by atoms with Crippen LogP contribution in [0, 0.1) is 0 Å². The minimum atomic E-state index is -0.224. The summed E-state index contributed by atoms with van der Waals surface area (Å²) in [5.41, 5.74) is 2.86. The van der Waals surface area contributed by atoms with E-state index >= 15 is 0 Å². The Labute approximate surface area is 187 Å². The molecule has 1 aromatic heterocycles. The van der Waals surface area contributed by atoms with E-state index in [0.29, 0.717) is 28.4 Å². The zero-order valence-electron chi connectivity index (χ0n) is 16.5. The van der Waals surface area contributed by atoms with Crippen LogP contribution in [-0.2, 0) is 12.8 Å². The number of rotatable bonds is 6. The Morgan fingerprint density at radius 2 is 1.73 bits per heavy atom. The van der Waals surface area contributed by atoms with Gasteiger partial charge in [-0.1, -0.05) is 15.9 Å². The van der Waals surface area contributed by atoms with Crippen molar-refractivity contribution in [1.29, 1.82) is 0 Å². The number of nitrogens with one attached hydrogen (secondary N) is 2. The number of hydrogen-bond acceptors (Lipinski definition) is 4. The summed E-state index contributed by atoms with van der Waals surface area (Å²) in [5.74, 6) is 0.330. The molecular formula is C23H21BrN2O3S. The van der Waals surface area contributed by atoms with Crippen molar-refractivity contribution in [3.8, 4) is 5.75 Å². The second-order valence-electron chi connectivity index (χ2n) is 6.93. The van der Waals surface area contributed by atoms with Gasteiger partial charge in [0.05, 0.1) is 12.2 Å². The summed E-state index contributed by atoms with van der Waals surface area (Å²) in [7, 11) is 0. The SMILES string of the molecule is CCOc1ccc(NC(=O)c2c(NC(=O)c3ccc(Br)cc3)sc3c2CCC3)cc1. The smallest absolute Gasteiger partial charge is 0.258 e. The van der Waals surface area contributed by atoms with Gasteiger partial charge in [-0.05, 0) is 80.3 Å². The molecule has 1 aliphatic rings. The minimum Gasteiger partial charge on any atom is -0.494 e. The van der Waals surface area contributed by atoms with Crippen molar-refractivity contribution in [1.82, 2.24) is 0 Å². The van der Waals surface area contributed by atoms with E-state index < -0.39 is 0 Å². The normalized spacial score (nSPS) is 12.3. The average molecular weight is 485 g/mol. The van der Waals surface area contributed by atoms with Crippen molar-refractivity contribution in [2.45, 2.75) is 26.2 Å². The number of carbonyl (C=O) groups excluding carboxylic acids is 2. The molecule has 2 N–H and O–H groups in total. The largest absolute Gasteiger partial charge is 0.494 e. The molecule has 2 aromatic carbocycles. The van der Waals surface area contributed by atoms with Crippen molar-refractivity contribution < 1.29 is 14.3 Å². The number of fused-ring (bicyclic) bond motifs is 1. The number of benzene rings is 2. The fourth-order valence-electron chi connectivity index (χ4n) is 3.50. The molecule has 0 bridgehead atoms. The van der Waals surface area contributed by atoms with E-state index in [2.05, 4.69) is 26.6 Å². The predicted octanol–water partition coefficient (Wildman–Crippen LogP) is 5.90. The zero-order chi connectivity index (χ0) is 21.1. The summed E-state index contributed by atoms with van der Waals surface area (Å²) < 4.78 is 6.36. The molecule has 30 heavy (non-hydrogen) atoms. The Morgan fingerprint density at radius 1 is 1.00 bits per heavy atom. The molecule has 2 amide bonds. The third-order valence-electron chi connectivity index (χ3n) is 4.91. The van der Waals surface area contributed by atoms with Gasteiger partial charge in [-0.15, -0.1) is 11.3 Å². The van der Waals surface area contributed by atoms with Gasteiger partial charge in [0.1, 0.15) is 10.8 Å². The Kier molecular flexibility index (Phi) is 6.20. The average Bonchev–Trinajstić information content (AvgIpc) is 3.31. The number of hydrogen-bond donors (Lipinski definition) is 2. The number of ether oxygens (including phenoxy) is 1. The van der Waals surface area contributed by atoms with Crippen molar-refractivity contribution in [3.05, 3.63) is 74.6 Å². The Balaban J connectivity index is 1.57. The van der Waals surface area contributed by atoms with Crippen molar-refractivity contribution in [2.75, 3.05) is 17.2 Å². The fraction of sp³-hybridized carbons (Fsp3) is 0.217. The third-order valence-corrected chi connectivity index (χ3v) is 6.64. The summed E-state index contributed by atoms with van der Waals surface area (Å²) in [6, 6.07) is 14.4. The molecule has 5 nitrogen and oxygen atoms in total. The molecule has 0 aliphatic heterocycles. The molecule has 0 atom stereocenters. The highest BCUT2D eigenvalue weighted by Gasteiger charge is 2.27. The lowest BCUT2D eigenvalue weighted by Crippen LogP contribution is -2.18. The quantitative estimate of drug-likeness (QED) is 0.457. The minimum absolute atomic E-state index is 0.204. The van der Waals surface area contributed by atoms with Crippen LogP contribution in [0.3, 0.4) is 0 Å². The Morgan fingerprint density at radius 3 is 2.43 bits per heavy atom. The molecule has 1 heterocycles. The molecule has 0 fully saturated rings. The zero-order valence-corrected chi connectivity index (χ0v) is 18.9. The van der Waals surface area contributed by atoms with Crippen LogP contribution in [0.15, 0.2) is 53.0 Å². The van der Waals surface area contributed by atoms with E-state index in [-0.39, 0.29) is 11.8 Å². The fourth-order valence-corrected chi connectivity index (χ4v) is 5.05. The number of aryl methyl sites for hydroxylation is 1. The summed E-state index contributed by atoms with van der Waals surface area (Å²) >= 11 is 4.88. The van der Waals surface area contributed by atoms with Crippen LogP contribution in [0.25, 0.3) is 0 Å². The van der Waals surface area contributed by atoms with E-state index in [4.69, 9.17) is 4.74 Å². The summed E-state index contributed by atoms with van der Waals surface area (Å²) in [6.45, 7) is 2.52. The maximum Gasteiger partial charge on any atom is 0.258 e. The van der Waals surface area contributed by atoms with E-state index in [0.717, 1.165) is 35.0 Å². The highest BCUT2D eigenvalue weighted by atomic mass is 79.9. The molecule has 0 saturated heterocycles. The van der Waals surface area contributed by atoms with Crippen molar-refractivity contribution >= 4 is 49.8 Å². The molecule has 0 radical (unpaired) electrons. The number of anilines is 2. The summed E-state index contributed by atoms with van der Waals surface area (Å²) in [6.07, 6.45) is 2.83. The van der Waals surface area contributed by atoms with Crippen LogP contribution >= 0.6 is 27.3 Å². The molecule has 154 valence electrons. The predicted molar refractivity (Wildman–Crippen MR) is 124 cm³/mol. The molecule has 1 aliphatic carbocycles. The molecule has 0 saturated carbocycles. The summed E-state index contributed by atoms with van der Waals surface area (Å²) in [5, 5.41) is 6.52. The lowest BCUT2D eigenvalue weighted by Gasteiger charge is -2.10. The highest BCUT2D eigenvalue weighted by Crippen LogP contribution is 2.39. The van der Waals surface area contributed by atoms with Gasteiger partial charge in [0.2, 0.25) is 0 Å². The molecule has 7 heteroatoms. The van der Waals surface area contributed by atoms with Gasteiger partial charge < -0.3 is 15.4 Å². The molecule has 4 rings (SSSR count). The Bertz CT molecular complexity index is 1080. The molecule has 0 unspecified atom stereocenters. The van der Waals surface area contributed by atoms with E-state index in [1.54, 1.807) is 12.1 Å². The number of carbonyl (C=O) groups is 2. The van der Waals surface area contributed by atoms with Crippen LogP contribution in [0.2, 0.25) is 0 Å². The van der Waals surface area contributed by atoms with Gasteiger partial charge in [0.25, 0.3) is 11.8 Å². The number of amides is 2. The first-order valence-corrected chi connectivity index (χ1v) is 11.4. The molecular weight excluding hydrogens is 464 g/mol. The van der Waals surface area contributed by atoms with Crippen LogP contribution in [0.4, 0.5) is 10.7 Å². The number of thiophene rings is 1. The second kappa shape index (κ2) is 9.02. The summed E-state index contributed by atoms with van der Waals surface area (Å²) in [4.78, 5) is 27.0. The van der Waals surface area contributed by atoms with Gasteiger partial charge >= 0.3 is 0 Å². The molecule has 0 spiro atoms. The first kappa shape index (κ1) is 20.6. The van der Waals surface area contributed by atoms with E-state index in [1.165, 1.54) is 16.2 Å². The Hall–Kier alpha value is -2.64. The van der Waals surface area contributed by atoms with Crippen molar-refractivity contribution in [3.63, 3.8) is 0 Å². The van der Waals surface area contributed by atoms with Gasteiger partial charge in [-0.25, -0.2) is 0 Å². The van der Waals surface area contributed by atoms with E-state index in [9.17, 15) is 9.59 Å². The monoisotopic (exact) mass is 484 g/mol. The first-order valence-electron chi connectivity index (χ1n) is 9.81. The van der Waals surface area contributed by atoms with Gasteiger partial charge in [-0.3, -0.25) is 9.59 Å². The second-order valence-corrected chi connectivity index (χ2v) is 8.95. The van der Waals surface area contributed by atoms with Crippen LogP contribution in [-0.4, -0.2) is 18.4 Å². The topological polar surface area (TPSA) is 67.4 Å². The standard InChI is InChI=1S/C23H21BrN2O3S/c1-2-29-17-12-10-16(11-13-17)25-22(28)20-18-4-3-5-19(18)30-23(20)26-21(27)14-6-8-15(24)9-7-14/h6-13H,2-5H2,1H3,(H,25,28)(H,26,27). The lowest BCUT2D eigenvalue weighted by atomic mass is 10.1. The lowest BCUT2D eigenvalue weighted by molar-refractivity contribution is 0.102. The van der Waals surface area contributed by atoms with Crippen LogP contribution in [0.1, 0.15) is 44.5 Å². The number of halogens is 1. The maximum atomic E-state index is 13.1. The van der Waals surface area contributed by atoms with Gasteiger partial charge in [0, 0.05) is 20.6 Å². The molecule has 3 aromatic rings. The highest BCUT2D eigenvalue weighted by molar-refractivity contribution is 9.10. The van der Waals surface area contributed by atoms with E-state index in [1.807, 2.05) is 43.3 Å². The maximum absolute atomic E-state index is 13.1. The first-order chi connectivity index (χ1) is 14.5. The van der Waals surface area contributed by atoms with Crippen molar-refractivity contribution in [2.24, 2.45) is 0 Å². The van der Waals surface area contributed by atoms with Gasteiger partial charge in [-0.2, -0.15) is 0 Å².